The summed E-state index contributed by atoms with van der Waals surface area (Å²) >= 11 is 0. The van der Waals surface area contributed by atoms with Crippen molar-refractivity contribution in [2.45, 2.75) is 292 Å². The molecule has 4 amide bonds. The summed E-state index contributed by atoms with van der Waals surface area (Å²) in [5.74, 6) is -21.5. The first-order valence-corrected chi connectivity index (χ1v) is 39.7. The Morgan fingerprint density at radius 3 is 1.09 bits per heavy atom. The van der Waals surface area contributed by atoms with Crippen molar-refractivity contribution >= 4 is 71.2 Å². The van der Waals surface area contributed by atoms with Crippen LogP contribution in [0, 0.1) is 70.5 Å². The number of Topliss-reactive ketones (excluding diaryl/α,β-unsaturated/α-hetero) is 1. The molecule has 3 aliphatic rings. The van der Waals surface area contributed by atoms with Gasteiger partial charge in [-0.1, -0.05) is 73.6 Å². The number of ether oxygens (including phenoxy) is 13. The number of rotatable bonds is 52. The van der Waals surface area contributed by atoms with Crippen molar-refractivity contribution in [1.82, 2.24) is 21.3 Å². The third kappa shape index (κ3) is 35.6. The summed E-state index contributed by atoms with van der Waals surface area (Å²) in [7, 11) is 0. The molecule has 113 heavy (non-hydrogen) atoms. The number of hydrogen-bond acceptors (Lipinski definition) is 25. The van der Waals surface area contributed by atoms with Gasteiger partial charge in [0.15, 0.2) is 24.7 Å². The molecular formula is C79H121F5N4O25. The number of carbonyl (C=O) groups excluding carboxylic acids is 12. The minimum Gasteiger partial charge on any atom is -0.463 e. The van der Waals surface area contributed by atoms with Crippen molar-refractivity contribution in [1.29, 1.82) is 0 Å². The summed E-state index contributed by atoms with van der Waals surface area (Å²) in [6.07, 6.45) is 0.750. The van der Waals surface area contributed by atoms with Crippen molar-refractivity contribution in [3.05, 3.63) is 29.1 Å². The van der Waals surface area contributed by atoms with Gasteiger partial charge in [-0.25, -0.2) is 13.2 Å². The molecule has 642 valence electrons. The van der Waals surface area contributed by atoms with Gasteiger partial charge in [-0.05, 0) is 83.5 Å². The standard InChI is InChI=1S/C79H121F5N4O25/c1-45-48(4)77(110-60(42-104-51(7)89)72(45)107-54(10)92)101-38-26-14-17-31-63(96)85-35-24-21-29-57(76(100)87-37-23-13-20-34-66(99)113-75-70(83)68(81)67(80)69(82)71(75)84)41-59(95)58(88-65(98)33-19-16-28-40-103-79-50(6)47(3)74(109-56(12)94)62(112-79)44-106-53(9)91)30-22-25-36-86-64(97)32-18-15-27-39-102-78-49(5)46(2)73(108-55(11)93)61(111-78)43-105-52(8)90/h45-50,57-58,60-62,72-74,77-79H,13-44H2,1-12H3,(H,85,96)(H,86,97)(H,87,100)(H,88,98). The average molecular weight is 1620 g/mol. The second kappa shape index (κ2) is 52.1. The van der Waals surface area contributed by atoms with Crippen LogP contribution >= 0.6 is 0 Å². The van der Waals surface area contributed by atoms with E-state index < -0.39 is 168 Å². The van der Waals surface area contributed by atoms with E-state index in [9.17, 15) is 79.5 Å². The molecule has 3 saturated heterocycles. The largest absolute Gasteiger partial charge is 0.463 e. The molecule has 0 aromatic heterocycles. The number of nitrogens with one attached hydrogen (secondary N) is 4. The van der Waals surface area contributed by atoms with Crippen LogP contribution in [0.5, 0.6) is 5.75 Å². The number of amides is 4. The molecule has 0 bridgehead atoms. The van der Waals surface area contributed by atoms with Gasteiger partial charge in [0.05, 0.1) is 6.04 Å². The van der Waals surface area contributed by atoms with Crippen molar-refractivity contribution in [3.63, 3.8) is 0 Å². The molecule has 0 spiro atoms. The van der Waals surface area contributed by atoms with Crippen LogP contribution in [0.2, 0.25) is 0 Å². The number of carbonyl (C=O) groups is 12. The quantitative estimate of drug-likeness (QED) is 0.00896. The predicted octanol–water partition coefficient (Wildman–Crippen LogP) is 9.80. The Morgan fingerprint density at radius 2 is 0.708 bits per heavy atom. The highest BCUT2D eigenvalue weighted by Crippen LogP contribution is 2.38. The van der Waals surface area contributed by atoms with Crippen LogP contribution in [-0.4, -0.2) is 192 Å². The van der Waals surface area contributed by atoms with E-state index in [1.807, 2.05) is 41.5 Å². The number of hydrogen-bond donors (Lipinski definition) is 4. The smallest absolute Gasteiger partial charge is 0.311 e. The molecule has 0 radical (unpaired) electrons. The van der Waals surface area contributed by atoms with E-state index in [4.69, 9.17) is 56.8 Å². The first-order valence-electron chi connectivity index (χ1n) is 39.7. The molecule has 4 N–H and O–H groups in total. The van der Waals surface area contributed by atoms with E-state index in [1.54, 1.807) is 0 Å². The third-order valence-corrected chi connectivity index (χ3v) is 20.4. The lowest BCUT2D eigenvalue weighted by Gasteiger charge is -2.43. The number of unbranched alkanes of at least 4 members (excludes halogenated alkanes) is 10. The van der Waals surface area contributed by atoms with Crippen molar-refractivity contribution < 1.29 is 141 Å². The number of esters is 7. The number of benzene rings is 1. The SMILES string of the molecule is CC(=O)OCC1OC(OCCCCCC(=O)NCCCCC(CC(=O)C(CCCCNC(=O)CCCCCOC2OC(COC(C)=O)C(OC(C)=O)C(C)C2C)NC(=O)CCCCCOC2OC(COC(C)=O)C(OC(C)=O)C(C)C2C)C(=O)NCCCCCC(=O)Oc2c(F)c(F)c(F)c(F)c2F)C(C)C(C)C1OC(C)=O. The van der Waals surface area contributed by atoms with Gasteiger partial charge >= 0.3 is 41.8 Å². The van der Waals surface area contributed by atoms with E-state index in [1.165, 1.54) is 41.5 Å². The van der Waals surface area contributed by atoms with E-state index in [2.05, 4.69) is 26.0 Å². The molecule has 1 aromatic carbocycles. The fraction of sp³-hybridized carbons (Fsp3) is 0.772. The Labute approximate surface area is 658 Å². The topological polar surface area (TPSA) is 373 Å². The van der Waals surface area contributed by atoms with Crippen molar-refractivity contribution in [2.24, 2.45) is 41.4 Å². The molecule has 4 rings (SSSR count). The maximum atomic E-state index is 14.6. The Bertz CT molecular complexity index is 3200. The zero-order valence-corrected chi connectivity index (χ0v) is 67.5. The summed E-state index contributed by atoms with van der Waals surface area (Å²) in [6.45, 7) is 20.0. The Balaban J connectivity index is 1.37. The summed E-state index contributed by atoms with van der Waals surface area (Å²) in [6, 6.07) is -1.06. The molecule has 29 nitrogen and oxygen atoms in total. The predicted molar refractivity (Wildman–Crippen MR) is 393 cm³/mol. The van der Waals surface area contributed by atoms with Gasteiger partial charge in [-0.2, -0.15) is 8.78 Å². The van der Waals surface area contributed by atoms with Crippen LogP contribution < -0.4 is 26.0 Å². The normalized spacial score (nSPS) is 24.0. The van der Waals surface area contributed by atoms with Crippen LogP contribution in [0.1, 0.15) is 231 Å². The van der Waals surface area contributed by atoms with Gasteiger partial charge in [0.1, 0.15) is 56.4 Å². The molecule has 17 unspecified atom stereocenters. The second-order valence-corrected chi connectivity index (χ2v) is 29.6. The van der Waals surface area contributed by atoms with Crippen LogP contribution in [-0.2, 0) is 114 Å². The summed E-state index contributed by atoms with van der Waals surface area (Å²) in [5.41, 5.74) is 0. The first-order chi connectivity index (χ1) is 53.6. The van der Waals surface area contributed by atoms with E-state index in [0.717, 1.165) is 0 Å². The van der Waals surface area contributed by atoms with Gasteiger partial charge in [0.2, 0.25) is 58.5 Å². The van der Waals surface area contributed by atoms with Gasteiger partial charge in [0, 0.05) is 155 Å². The number of halogens is 5. The first kappa shape index (κ1) is 97.8. The van der Waals surface area contributed by atoms with Crippen molar-refractivity contribution in [3.8, 4) is 5.75 Å². The lowest BCUT2D eigenvalue weighted by atomic mass is 9.84. The lowest BCUT2D eigenvalue weighted by Crippen LogP contribution is -2.53. The second-order valence-electron chi connectivity index (χ2n) is 29.6. The Kier molecular flexibility index (Phi) is 45.1. The molecule has 0 aliphatic carbocycles. The fourth-order valence-electron chi connectivity index (χ4n) is 13.4. The Hall–Kier alpha value is -7.53. The van der Waals surface area contributed by atoms with E-state index >= 15 is 0 Å². The molecule has 3 heterocycles. The minimum absolute atomic E-state index is 0.0213. The van der Waals surface area contributed by atoms with Gasteiger partial charge in [-0.3, -0.25) is 57.5 Å². The summed E-state index contributed by atoms with van der Waals surface area (Å²) in [5, 5.41) is 11.5. The third-order valence-electron chi connectivity index (χ3n) is 20.4. The van der Waals surface area contributed by atoms with E-state index in [0.29, 0.717) is 96.7 Å². The highest BCUT2D eigenvalue weighted by Gasteiger charge is 2.47. The van der Waals surface area contributed by atoms with Crippen molar-refractivity contribution in [2.75, 3.05) is 59.3 Å². The highest BCUT2D eigenvalue weighted by molar-refractivity contribution is 5.92. The molecule has 1 aromatic rings. The zero-order valence-electron chi connectivity index (χ0n) is 67.5. The molecule has 34 heteroatoms. The highest BCUT2D eigenvalue weighted by atomic mass is 19.2. The van der Waals surface area contributed by atoms with Crippen LogP contribution in [0.25, 0.3) is 0 Å². The molecule has 0 saturated carbocycles. The minimum atomic E-state index is -2.42. The lowest BCUT2D eigenvalue weighted by molar-refractivity contribution is -0.273. The monoisotopic (exact) mass is 1620 g/mol. The Morgan fingerprint density at radius 1 is 0.372 bits per heavy atom. The van der Waals surface area contributed by atoms with Gasteiger partial charge in [0.25, 0.3) is 0 Å². The molecular weight excluding hydrogens is 1500 g/mol. The van der Waals surface area contributed by atoms with Crippen LogP contribution in [0.4, 0.5) is 22.0 Å². The average Bonchev–Trinajstić information content (AvgIpc) is 0.813. The summed E-state index contributed by atoms with van der Waals surface area (Å²) in [4.78, 5) is 152. The van der Waals surface area contributed by atoms with Crippen LogP contribution in [0.15, 0.2) is 0 Å². The van der Waals surface area contributed by atoms with Gasteiger partial charge in [-0.15, -0.1) is 0 Å². The van der Waals surface area contributed by atoms with E-state index in [-0.39, 0.29) is 151 Å². The summed E-state index contributed by atoms with van der Waals surface area (Å²) < 4.78 is 143. The molecule has 3 aliphatic heterocycles. The number of ketones is 1. The van der Waals surface area contributed by atoms with Gasteiger partial charge < -0.3 is 82.8 Å². The maximum absolute atomic E-state index is 14.6. The molecule has 17 atom stereocenters. The fourth-order valence-corrected chi connectivity index (χ4v) is 13.4. The molecule has 3 fully saturated rings. The zero-order chi connectivity index (χ0) is 83.9. The van der Waals surface area contributed by atoms with Crippen LogP contribution in [0.3, 0.4) is 0 Å². The maximum Gasteiger partial charge on any atom is 0.311 e.